The maximum absolute atomic E-state index is 14.4. The second kappa shape index (κ2) is 13.1. The Hall–Kier alpha value is -2.43. The highest BCUT2D eigenvalue weighted by Crippen LogP contribution is 2.56. The number of benzene rings is 2. The van der Waals surface area contributed by atoms with Gasteiger partial charge in [-0.2, -0.15) is 5.26 Å². The molecule has 4 nitrogen and oxygen atoms in total. The van der Waals surface area contributed by atoms with E-state index in [0.717, 1.165) is 23.4 Å². The van der Waals surface area contributed by atoms with Gasteiger partial charge in [-0.15, -0.1) is 11.8 Å². The minimum atomic E-state index is -0.414. The predicted octanol–water partition coefficient (Wildman–Crippen LogP) is 8.10. The Labute approximate surface area is 234 Å². The third kappa shape index (κ3) is 8.04. The highest BCUT2D eigenvalue weighted by atomic mass is 32.2. The molecule has 1 N–H and O–H groups in total. The highest BCUT2D eigenvalue weighted by molar-refractivity contribution is 7.99. The molecule has 2 aromatic rings. The molecule has 3 aliphatic rings. The number of hydrogen-bond acceptors (Lipinski definition) is 5. The number of hydrogen-bond donors (Lipinski definition) is 1. The minimum absolute atomic E-state index is 0. The number of nitriles is 1. The van der Waals surface area contributed by atoms with E-state index >= 15 is 0 Å². The first-order valence-corrected chi connectivity index (χ1v) is 14.4. The molecule has 0 amide bonds. The molecule has 0 spiro atoms. The van der Waals surface area contributed by atoms with Crippen molar-refractivity contribution in [3.63, 3.8) is 0 Å². The Morgan fingerprint density at radius 3 is 2.26 bits per heavy atom. The van der Waals surface area contributed by atoms with Crippen LogP contribution >= 0.6 is 11.8 Å². The van der Waals surface area contributed by atoms with Gasteiger partial charge >= 0.3 is 0 Å². The lowest BCUT2D eigenvalue weighted by atomic mass is 9.53. The third-order valence-electron chi connectivity index (χ3n) is 8.26. The van der Waals surface area contributed by atoms with E-state index in [-0.39, 0.29) is 25.8 Å². The summed E-state index contributed by atoms with van der Waals surface area (Å²) in [5.74, 6) is 0.446. The van der Waals surface area contributed by atoms with Crippen LogP contribution < -0.4 is 5.32 Å². The average Bonchev–Trinajstić information content (AvgIpc) is 2.88. The molecule has 0 saturated heterocycles. The van der Waals surface area contributed by atoms with Crippen LogP contribution in [0.15, 0.2) is 41.3 Å². The molecule has 5 rings (SSSR count). The first kappa shape index (κ1) is 30.1. The lowest BCUT2D eigenvalue weighted by Crippen LogP contribution is -2.43. The fraction of sp³-hybridized carbons (Fsp3) is 0.548. The largest absolute Gasteiger partial charge is 0.378 e. The van der Waals surface area contributed by atoms with Crippen molar-refractivity contribution in [2.75, 3.05) is 31.7 Å². The quantitative estimate of drug-likeness (QED) is 0.323. The number of carbonyl (C=O) groups is 1. The van der Waals surface area contributed by atoms with E-state index in [4.69, 9.17) is 0 Å². The zero-order valence-corrected chi connectivity index (χ0v) is 24.2. The number of ketones is 1. The van der Waals surface area contributed by atoms with E-state index in [1.54, 1.807) is 43.8 Å². The van der Waals surface area contributed by atoms with Crippen molar-refractivity contribution in [3.8, 4) is 6.07 Å². The van der Waals surface area contributed by atoms with Crippen molar-refractivity contribution in [2.45, 2.75) is 76.7 Å². The van der Waals surface area contributed by atoms with Gasteiger partial charge in [0.25, 0.3) is 0 Å². The fourth-order valence-electron chi connectivity index (χ4n) is 5.42. The molecule has 1 atom stereocenters. The van der Waals surface area contributed by atoms with Gasteiger partial charge in [-0.05, 0) is 127 Å². The van der Waals surface area contributed by atoms with Gasteiger partial charge in [0.05, 0.1) is 11.3 Å². The summed E-state index contributed by atoms with van der Waals surface area (Å²) in [7, 11) is 3.97. The number of fused-ring (bicyclic) bond motifs is 3. The summed E-state index contributed by atoms with van der Waals surface area (Å²) >= 11 is 1.58. The molecule has 2 bridgehead atoms. The zero-order chi connectivity index (χ0) is 27.9. The van der Waals surface area contributed by atoms with E-state index in [2.05, 4.69) is 23.2 Å². The van der Waals surface area contributed by atoms with Crippen molar-refractivity contribution < 1.29 is 16.4 Å². The molecular formula is C31H45F2N3OS. The number of halogens is 2. The predicted molar refractivity (Wildman–Crippen MR) is 157 cm³/mol. The van der Waals surface area contributed by atoms with E-state index < -0.39 is 5.82 Å². The average molecular weight is 546 g/mol. The fourth-order valence-corrected chi connectivity index (χ4v) is 6.39. The molecule has 0 unspecified atom stereocenters. The van der Waals surface area contributed by atoms with Crippen LogP contribution in [0.1, 0.15) is 72.8 Å². The van der Waals surface area contributed by atoms with Gasteiger partial charge in [-0.25, -0.2) is 8.78 Å². The van der Waals surface area contributed by atoms with Gasteiger partial charge < -0.3 is 10.2 Å². The van der Waals surface area contributed by atoms with Crippen LogP contribution in [0.2, 0.25) is 0 Å². The summed E-state index contributed by atoms with van der Waals surface area (Å²) in [6, 6.07) is 11.5. The van der Waals surface area contributed by atoms with Crippen LogP contribution in [-0.2, 0) is 4.79 Å². The maximum atomic E-state index is 14.4. The molecule has 210 valence electrons. The smallest absolute Gasteiger partial charge is 0.147 e. The SMILES string of the molecule is CC(=O)C12CCC(C)(CC1)CC2.Cc1cc(F)c(N[C@H](CCN(C)C)CSc2ccc(F)cc2)c(C#N)c1.[HH].[HH]. The van der Waals surface area contributed by atoms with Gasteiger partial charge in [0.1, 0.15) is 23.5 Å². The summed E-state index contributed by atoms with van der Waals surface area (Å²) in [6.45, 7) is 6.77. The summed E-state index contributed by atoms with van der Waals surface area (Å²) in [6.07, 6.45) is 8.14. The second-order valence-corrected chi connectivity index (χ2v) is 12.7. The third-order valence-corrected chi connectivity index (χ3v) is 9.44. The summed E-state index contributed by atoms with van der Waals surface area (Å²) in [5.41, 5.74) is 2.00. The number of aryl methyl sites for hydroxylation is 1. The number of Topliss-reactive ketones (excluding diaryl/α,β-unsaturated/α-hetero) is 1. The highest BCUT2D eigenvalue weighted by Gasteiger charge is 2.48. The van der Waals surface area contributed by atoms with Crippen LogP contribution in [0.4, 0.5) is 14.5 Å². The van der Waals surface area contributed by atoms with Crippen molar-refractivity contribution in [1.82, 2.24) is 4.90 Å². The molecule has 0 heterocycles. The molecule has 38 heavy (non-hydrogen) atoms. The van der Waals surface area contributed by atoms with Gasteiger partial charge in [0.2, 0.25) is 0 Å². The molecule has 7 heteroatoms. The number of nitrogens with one attached hydrogen (secondary N) is 1. The lowest BCUT2D eigenvalue weighted by molar-refractivity contribution is -0.135. The topological polar surface area (TPSA) is 56.1 Å². The Morgan fingerprint density at radius 2 is 1.74 bits per heavy atom. The van der Waals surface area contributed by atoms with Crippen LogP contribution in [-0.4, -0.2) is 43.1 Å². The van der Waals surface area contributed by atoms with Crippen molar-refractivity contribution >= 4 is 23.2 Å². The monoisotopic (exact) mass is 545 g/mol. The number of thioether (sulfide) groups is 1. The maximum Gasteiger partial charge on any atom is 0.147 e. The Bertz CT molecular complexity index is 1130. The summed E-state index contributed by atoms with van der Waals surface area (Å²) in [5, 5.41) is 12.5. The molecule has 3 fully saturated rings. The van der Waals surface area contributed by atoms with Gasteiger partial charge in [0.15, 0.2) is 0 Å². The first-order chi connectivity index (χ1) is 17.9. The standard InChI is InChI=1S/C20H23F2N3S.C11H18O.2H2/c1-14-10-15(12-23)20(19(22)11-14)24-17(8-9-25(2)3)13-26-18-6-4-16(21)5-7-18;1-9(12)11-6-3-10(2,4-7-11)5-8-11;;/h4-7,10-11,17,24H,8-9,13H2,1-3H3;3-8H2,1-2H3;2*1H/t17-;;;/m1.../s1. The molecule has 0 radical (unpaired) electrons. The van der Waals surface area contributed by atoms with Crippen molar-refractivity contribution in [3.05, 3.63) is 59.2 Å². The van der Waals surface area contributed by atoms with E-state index in [0.29, 0.717) is 22.5 Å². The van der Waals surface area contributed by atoms with Crippen LogP contribution in [0, 0.1) is 40.7 Å². The van der Waals surface area contributed by atoms with Crippen molar-refractivity contribution in [2.24, 2.45) is 10.8 Å². The Morgan fingerprint density at radius 1 is 1.13 bits per heavy atom. The van der Waals surface area contributed by atoms with Crippen LogP contribution in [0.25, 0.3) is 0 Å². The van der Waals surface area contributed by atoms with Crippen LogP contribution in [0.3, 0.4) is 0 Å². The van der Waals surface area contributed by atoms with E-state index in [1.807, 2.05) is 14.1 Å². The van der Waals surface area contributed by atoms with E-state index in [1.165, 1.54) is 56.7 Å². The summed E-state index contributed by atoms with van der Waals surface area (Å²) < 4.78 is 27.4. The summed E-state index contributed by atoms with van der Waals surface area (Å²) in [4.78, 5) is 14.5. The molecular weight excluding hydrogens is 500 g/mol. The van der Waals surface area contributed by atoms with E-state index in [9.17, 15) is 18.8 Å². The molecule has 3 saturated carbocycles. The van der Waals surface area contributed by atoms with Crippen molar-refractivity contribution in [1.29, 1.82) is 5.26 Å². The zero-order valence-electron chi connectivity index (χ0n) is 23.4. The molecule has 3 aliphatic carbocycles. The normalized spacial score (nSPS) is 22.8. The second-order valence-electron chi connectivity index (χ2n) is 11.6. The molecule has 0 aliphatic heterocycles. The van der Waals surface area contributed by atoms with Gasteiger partial charge in [-0.1, -0.05) is 6.92 Å². The number of rotatable bonds is 9. The first-order valence-electron chi connectivity index (χ1n) is 13.5. The number of carbonyl (C=O) groups excluding carboxylic acids is 1. The van der Waals surface area contributed by atoms with Crippen LogP contribution in [0.5, 0.6) is 0 Å². The minimum Gasteiger partial charge on any atom is -0.378 e. The number of nitrogens with zero attached hydrogens (tertiary/aromatic N) is 2. The Balaban J connectivity index is 0.000000479. The lowest BCUT2D eigenvalue weighted by Gasteiger charge is -2.50. The van der Waals surface area contributed by atoms with Gasteiger partial charge in [0, 0.05) is 25.0 Å². The molecule has 0 aromatic heterocycles. The Kier molecular flexibility index (Phi) is 10.4. The molecule has 2 aromatic carbocycles. The van der Waals surface area contributed by atoms with Gasteiger partial charge in [-0.3, -0.25) is 4.79 Å². The number of anilines is 1.